The van der Waals surface area contributed by atoms with Crippen LogP contribution in [-0.2, 0) is 14.4 Å². The Balaban J connectivity index is 2.17. The van der Waals surface area contributed by atoms with Gasteiger partial charge in [0.15, 0.2) is 0 Å². The summed E-state index contributed by atoms with van der Waals surface area (Å²) in [6.45, 7) is 0.433. The molecule has 1 saturated heterocycles. The molecular weight excluding hydrogens is 226 g/mol. The maximum Gasteiger partial charge on any atom is 0.236 e. The van der Waals surface area contributed by atoms with Gasteiger partial charge in [0.1, 0.15) is 6.42 Å². The zero-order valence-corrected chi connectivity index (χ0v) is 9.32. The summed E-state index contributed by atoms with van der Waals surface area (Å²) in [4.78, 5) is 36.0. The molecule has 0 aromatic carbocycles. The summed E-state index contributed by atoms with van der Waals surface area (Å²) in [6, 6.07) is 0. The van der Waals surface area contributed by atoms with Crippen LogP contribution in [0.5, 0.6) is 0 Å². The standard InChI is InChI=1S/C10H15N3O4/c14-7-6-8(15)13-10(12-7)11-5-3-1-2-4-9(16)17/h1-6H2,(H,16,17)(H2,11,12,13,14,15)/p-1. The normalized spacial score (nSPS) is 15.2. The number of rotatable bonds is 6. The van der Waals surface area contributed by atoms with Crippen LogP contribution in [0.15, 0.2) is 4.99 Å². The summed E-state index contributed by atoms with van der Waals surface area (Å²) < 4.78 is 0. The number of carboxylic acid groups (broad SMARTS) is 1. The van der Waals surface area contributed by atoms with Gasteiger partial charge in [-0.3, -0.25) is 25.2 Å². The van der Waals surface area contributed by atoms with Crippen LogP contribution in [0, 0.1) is 0 Å². The molecule has 94 valence electrons. The number of nitrogens with zero attached hydrogens (tertiary/aromatic N) is 1. The first-order valence-corrected chi connectivity index (χ1v) is 5.42. The van der Waals surface area contributed by atoms with Gasteiger partial charge in [-0.1, -0.05) is 6.42 Å². The van der Waals surface area contributed by atoms with Crippen molar-refractivity contribution in [2.45, 2.75) is 32.1 Å². The molecule has 1 rings (SSSR count). The van der Waals surface area contributed by atoms with Crippen molar-refractivity contribution in [1.82, 2.24) is 10.6 Å². The molecule has 2 amide bonds. The van der Waals surface area contributed by atoms with Crippen molar-refractivity contribution in [3.05, 3.63) is 0 Å². The summed E-state index contributed by atoms with van der Waals surface area (Å²) in [6.07, 6.45) is 1.83. The van der Waals surface area contributed by atoms with Crippen molar-refractivity contribution in [2.75, 3.05) is 6.54 Å². The summed E-state index contributed by atoms with van der Waals surface area (Å²) in [7, 11) is 0. The third-order valence-corrected chi connectivity index (χ3v) is 2.15. The zero-order valence-electron chi connectivity index (χ0n) is 9.32. The zero-order chi connectivity index (χ0) is 12.7. The number of hydrogen-bond donors (Lipinski definition) is 2. The second-order valence-electron chi connectivity index (χ2n) is 3.69. The van der Waals surface area contributed by atoms with Gasteiger partial charge in [0.2, 0.25) is 17.8 Å². The number of carboxylic acids is 1. The number of aliphatic carboxylic acids is 1. The van der Waals surface area contributed by atoms with E-state index < -0.39 is 5.97 Å². The minimum absolute atomic E-state index is 0.0457. The fourth-order valence-corrected chi connectivity index (χ4v) is 1.36. The number of carbonyl (C=O) groups is 3. The van der Waals surface area contributed by atoms with Gasteiger partial charge >= 0.3 is 0 Å². The largest absolute Gasteiger partial charge is 0.550 e. The Bertz CT molecular complexity index is 333. The molecule has 0 saturated carbocycles. The van der Waals surface area contributed by atoms with Gasteiger partial charge in [0.25, 0.3) is 0 Å². The van der Waals surface area contributed by atoms with Crippen LogP contribution >= 0.6 is 0 Å². The lowest BCUT2D eigenvalue weighted by Gasteiger charge is -2.14. The molecule has 0 aliphatic carbocycles. The van der Waals surface area contributed by atoms with Crippen LogP contribution in [0.3, 0.4) is 0 Å². The molecule has 1 aliphatic heterocycles. The van der Waals surface area contributed by atoms with Crippen LogP contribution in [0.1, 0.15) is 32.1 Å². The van der Waals surface area contributed by atoms with Crippen molar-refractivity contribution in [3.8, 4) is 0 Å². The molecule has 1 aliphatic rings. The summed E-state index contributed by atoms with van der Waals surface area (Å²) >= 11 is 0. The molecule has 1 fully saturated rings. The monoisotopic (exact) mass is 240 g/mol. The van der Waals surface area contributed by atoms with Gasteiger partial charge in [-0.25, -0.2) is 0 Å². The maximum atomic E-state index is 11.0. The quantitative estimate of drug-likeness (QED) is 0.425. The molecule has 7 nitrogen and oxygen atoms in total. The highest BCUT2D eigenvalue weighted by Gasteiger charge is 2.18. The van der Waals surface area contributed by atoms with Gasteiger partial charge in [0.05, 0.1) is 0 Å². The Hall–Kier alpha value is -1.92. The van der Waals surface area contributed by atoms with Gasteiger partial charge in [-0.2, -0.15) is 0 Å². The minimum Gasteiger partial charge on any atom is -0.550 e. The van der Waals surface area contributed by atoms with Crippen molar-refractivity contribution >= 4 is 23.7 Å². The van der Waals surface area contributed by atoms with Crippen molar-refractivity contribution in [2.24, 2.45) is 4.99 Å². The molecule has 0 spiro atoms. The Morgan fingerprint density at radius 2 is 1.82 bits per heavy atom. The topological polar surface area (TPSA) is 111 Å². The summed E-state index contributed by atoms with van der Waals surface area (Å²) in [5.41, 5.74) is 0. The molecule has 2 N–H and O–H groups in total. The highest BCUT2D eigenvalue weighted by Crippen LogP contribution is 1.99. The number of hydrogen-bond acceptors (Lipinski definition) is 5. The average Bonchev–Trinajstić information content (AvgIpc) is 2.21. The van der Waals surface area contributed by atoms with E-state index in [0.717, 1.165) is 0 Å². The fraction of sp³-hybridized carbons (Fsp3) is 0.600. The van der Waals surface area contributed by atoms with Crippen molar-refractivity contribution in [1.29, 1.82) is 0 Å². The SMILES string of the molecule is O=C([O-])CCCCCN=C1NC(=O)CC(=O)N1. The molecule has 0 radical (unpaired) electrons. The van der Waals surface area contributed by atoms with Gasteiger partial charge in [0, 0.05) is 12.5 Å². The first-order valence-electron chi connectivity index (χ1n) is 5.42. The van der Waals surface area contributed by atoms with E-state index in [2.05, 4.69) is 15.6 Å². The molecule has 0 unspecified atom stereocenters. The Kier molecular flexibility index (Phi) is 5.12. The van der Waals surface area contributed by atoms with E-state index in [9.17, 15) is 19.5 Å². The molecule has 1 heterocycles. The van der Waals surface area contributed by atoms with Crippen LogP contribution in [0.2, 0.25) is 0 Å². The van der Waals surface area contributed by atoms with E-state index in [1.165, 1.54) is 0 Å². The Morgan fingerprint density at radius 3 is 2.41 bits per heavy atom. The fourth-order valence-electron chi connectivity index (χ4n) is 1.36. The molecule has 0 aromatic heterocycles. The summed E-state index contributed by atoms with van der Waals surface area (Å²) in [5.74, 6) is -1.62. The number of unbranched alkanes of at least 4 members (excludes halogenated alkanes) is 2. The molecule has 0 aromatic rings. The predicted molar refractivity (Wildman–Crippen MR) is 56.7 cm³/mol. The maximum absolute atomic E-state index is 11.0. The third kappa shape index (κ3) is 5.64. The second kappa shape index (κ2) is 6.62. The van der Waals surface area contributed by atoms with E-state index in [1.807, 2.05) is 0 Å². The molecular formula is C10H14N3O4-. The number of carbonyl (C=O) groups excluding carboxylic acids is 3. The van der Waals surface area contributed by atoms with Crippen LogP contribution in [0.4, 0.5) is 0 Å². The highest BCUT2D eigenvalue weighted by atomic mass is 16.4. The average molecular weight is 240 g/mol. The van der Waals surface area contributed by atoms with E-state index in [-0.39, 0.29) is 30.6 Å². The molecule has 0 bridgehead atoms. The highest BCUT2D eigenvalue weighted by molar-refractivity contribution is 6.15. The third-order valence-electron chi connectivity index (χ3n) is 2.15. The lowest BCUT2D eigenvalue weighted by atomic mass is 10.2. The van der Waals surface area contributed by atoms with E-state index in [4.69, 9.17) is 0 Å². The summed E-state index contributed by atoms with van der Waals surface area (Å²) in [5, 5.41) is 15.0. The lowest BCUT2D eigenvalue weighted by molar-refractivity contribution is -0.305. The van der Waals surface area contributed by atoms with Crippen LogP contribution in [0.25, 0.3) is 0 Å². The van der Waals surface area contributed by atoms with Crippen LogP contribution in [-0.4, -0.2) is 30.3 Å². The Labute approximate surface area is 98.3 Å². The number of amides is 2. The lowest BCUT2D eigenvalue weighted by Crippen LogP contribution is -2.50. The minimum atomic E-state index is -1.05. The smallest absolute Gasteiger partial charge is 0.236 e. The van der Waals surface area contributed by atoms with Crippen molar-refractivity contribution < 1.29 is 19.5 Å². The number of aliphatic imine (C=N–C) groups is 1. The van der Waals surface area contributed by atoms with Gasteiger partial charge in [-0.15, -0.1) is 0 Å². The second-order valence-corrected chi connectivity index (χ2v) is 3.69. The van der Waals surface area contributed by atoms with Gasteiger partial charge in [-0.05, 0) is 19.3 Å². The molecule has 0 atom stereocenters. The number of guanidine groups is 1. The molecule has 17 heavy (non-hydrogen) atoms. The van der Waals surface area contributed by atoms with Crippen LogP contribution < -0.4 is 15.7 Å². The first kappa shape index (κ1) is 13.1. The van der Waals surface area contributed by atoms with E-state index >= 15 is 0 Å². The van der Waals surface area contributed by atoms with E-state index in [1.54, 1.807) is 0 Å². The first-order chi connectivity index (χ1) is 8.08. The number of nitrogens with one attached hydrogen (secondary N) is 2. The van der Waals surface area contributed by atoms with E-state index in [0.29, 0.717) is 25.8 Å². The van der Waals surface area contributed by atoms with Crippen molar-refractivity contribution in [3.63, 3.8) is 0 Å². The molecule has 7 heteroatoms. The van der Waals surface area contributed by atoms with Gasteiger partial charge < -0.3 is 9.90 Å². The Morgan fingerprint density at radius 1 is 1.18 bits per heavy atom. The predicted octanol–water partition coefficient (Wildman–Crippen LogP) is -1.71.